The number of hydrogen-bond acceptors (Lipinski definition) is 8. The van der Waals surface area contributed by atoms with Crippen molar-refractivity contribution >= 4 is 23.6 Å². The van der Waals surface area contributed by atoms with Gasteiger partial charge in [-0.05, 0) is 50.1 Å². The predicted octanol–water partition coefficient (Wildman–Crippen LogP) is 3.78. The summed E-state index contributed by atoms with van der Waals surface area (Å²) in [5, 5.41) is 7.01. The van der Waals surface area contributed by atoms with Gasteiger partial charge in [-0.1, -0.05) is 56.3 Å². The second kappa shape index (κ2) is 12.8. The molecule has 2 aliphatic heterocycles. The number of carbonyl (C=O) groups excluding carboxylic acids is 3. The lowest BCUT2D eigenvalue weighted by Crippen LogP contribution is -2.67. The van der Waals surface area contributed by atoms with Crippen molar-refractivity contribution in [3.63, 3.8) is 0 Å². The third-order valence-electron chi connectivity index (χ3n) is 8.01. The van der Waals surface area contributed by atoms with Crippen molar-refractivity contribution in [1.29, 1.82) is 0 Å². The molecule has 5 rings (SSSR count). The molecule has 3 heterocycles. The molecule has 1 atom stereocenters. The molecule has 2 aromatic carbocycles. The van der Waals surface area contributed by atoms with Gasteiger partial charge < -0.3 is 24.7 Å². The van der Waals surface area contributed by atoms with Crippen LogP contribution in [0.4, 0.5) is 10.5 Å². The number of carbonyl (C=O) groups is 3. The minimum Gasteiger partial charge on any atom is -0.462 e. The second-order valence-electron chi connectivity index (χ2n) is 12.5. The lowest BCUT2D eigenvalue weighted by molar-refractivity contribution is -0.131. The molecule has 3 N–H and O–H groups in total. The molecule has 0 bridgehead atoms. The molecular formula is C33H42N6O5. The van der Waals surface area contributed by atoms with Gasteiger partial charge >= 0.3 is 6.09 Å². The van der Waals surface area contributed by atoms with E-state index in [2.05, 4.69) is 32.9 Å². The third-order valence-corrected chi connectivity index (χ3v) is 8.01. The number of hydrogen-bond donors (Lipinski definition) is 3. The normalized spacial score (nSPS) is 19.1. The highest BCUT2D eigenvalue weighted by Crippen LogP contribution is 2.38. The maximum atomic E-state index is 14.3. The fourth-order valence-corrected chi connectivity index (χ4v) is 5.35. The Hall–Kier alpha value is -4.19. The van der Waals surface area contributed by atoms with Gasteiger partial charge in [0.2, 0.25) is 0 Å². The van der Waals surface area contributed by atoms with Crippen LogP contribution in [0.3, 0.4) is 0 Å². The van der Waals surface area contributed by atoms with Gasteiger partial charge in [0.05, 0.1) is 18.4 Å². The first-order chi connectivity index (χ1) is 21.0. The van der Waals surface area contributed by atoms with Gasteiger partial charge in [0.25, 0.3) is 17.5 Å². The zero-order valence-corrected chi connectivity index (χ0v) is 26.1. The molecule has 11 nitrogen and oxygen atoms in total. The molecule has 0 radical (unpaired) electrons. The number of hydrazine groups is 1. The number of piperazine rings is 1. The van der Waals surface area contributed by atoms with Crippen LogP contribution in [0.5, 0.6) is 0 Å². The number of nitrogens with zero attached hydrogens (tertiary/aromatic N) is 3. The largest absolute Gasteiger partial charge is 0.462 e. The molecule has 3 amide bonds. The molecule has 234 valence electrons. The molecule has 1 saturated heterocycles. The summed E-state index contributed by atoms with van der Waals surface area (Å²) in [6.45, 7) is 12.6. The van der Waals surface area contributed by atoms with E-state index in [1.165, 1.54) is 6.26 Å². The molecule has 0 saturated carbocycles. The van der Waals surface area contributed by atoms with Gasteiger partial charge in [-0.15, -0.1) is 0 Å². The lowest BCUT2D eigenvalue weighted by atomic mass is 9.93. The van der Waals surface area contributed by atoms with Gasteiger partial charge in [0.1, 0.15) is 5.69 Å². The van der Waals surface area contributed by atoms with Gasteiger partial charge in [-0.3, -0.25) is 14.5 Å². The number of amides is 3. The highest BCUT2D eigenvalue weighted by Gasteiger charge is 2.56. The van der Waals surface area contributed by atoms with Gasteiger partial charge in [0, 0.05) is 44.4 Å². The maximum Gasteiger partial charge on any atom is 0.429 e. The van der Waals surface area contributed by atoms with Crippen molar-refractivity contribution < 1.29 is 23.5 Å². The summed E-state index contributed by atoms with van der Waals surface area (Å²) in [5.74, 6) is -0.956. The Labute approximate surface area is 258 Å². The number of anilines is 1. The average molecular weight is 603 g/mol. The summed E-state index contributed by atoms with van der Waals surface area (Å²) < 4.78 is 11.3. The predicted molar refractivity (Wildman–Crippen MR) is 166 cm³/mol. The molecule has 1 fully saturated rings. The number of fused-ring (bicyclic) bond motifs is 1. The number of nitrogens with one attached hydrogen (secondary N) is 3. The molecule has 11 heteroatoms. The van der Waals surface area contributed by atoms with Crippen LogP contribution in [-0.4, -0.2) is 67.5 Å². The van der Waals surface area contributed by atoms with Crippen LogP contribution in [0.2, 0.25) is 0 Å². The van der Waals surface area contributed by atoms with E-state index in [0.29, 0.717) is 5.56 Å². The number of rotatable bonds is 9. The van der Waals surface area contributed by atoms with Crippen LogP contribution >= 0.6 is 0 Å². The molecule has 0 spiro atoms. The van der Waals surface area contributed by atoms with Crippen molar-refractivity contribution in [3.8, 4) is 0 Å². The molecule has 2 aliphatic rings. The van der Waals surface area contributed by atoms with Crippen molar-refractivity contribution in [1.82, 2.24) is 25.9 Å². The summed E-state index contributed by atoms with van der Waals surface area (Å²) in [5.41, 5.74) is 2.73. The van der Waals surface area contributed by atoms with Crippen LogP contribution in [0.1, 0.15) is 54.9 Å². The first-order valence-electron chi connectivity index (χ1n) is 15.0. The van der Waals surface area contributed by atoms with E-state index in [0.717, 1.165) is 48.9 Å². The van der Waals surface area contributed by atoms with Gasteiger partial charge in [-0.2, -0.15) is 5.43 Å². The minimum absolute atomic E-state index is 0.0698. The standard InChI is InChI=1S/C33H42N6O5/c1-23(2)22-44-31(42)39-27-15-20-43-28(27)33(36-39,30(41)35-32(3,4)26-9-7-6-8-10-26)34-29(40)25-13-11-24(12-14-25)21-38-18-16-37(5)17-19-38/h6-15,20,23,36H,16-19,21-22H2,1-5H3,(H,34,40)(H,35,41). The minimum atomic E-state index is -1.95. The van der Waals surface area contributed by atoms with Crippen LogP contribution in [0, 0.1) is 5.92 Å². The Bertz CT molecular complexity index is 1460. The monoisotopic (exact) mass is 602 g/mol. The summed E-state index contributed by atoms with van der Waals surface area (Å²) in [7, 11) is 2.12. The Morgan fingerprint density at radius 2 is 1.68 bits per heavy atom. The average Bonchev–Trinajstić information content (AvgIpc) is 3.61. The fourth-order valence-electron chi connectivity index (χ4n) is 5.35. The summed E-state index contributed by atoms with van der Waals surface area (Å²) in [6, 6.07) is 18.4. The molecular weight excluding hydrogens is 560 g/mol. The van der Waals surface area contributed by atoms with E-state index in [9.17, 15) is 14.4 Å². The van der Waals surface area contributed by atoms with Gasteiger partial charge in [0.15, 0.2) is 5.76 Å². The zero-order valence-electron chi connectivity index (χ0n) is 26.1. The van der Waals surface area contributed by atoms with Crippen LogP contribution in [-0.2, 0) is 27.3 Å². The fraction of sp³-hybridized carbons (Fsp3) is 0.424. The van der Waals surface area contributed by atoms with Crippen molar-refractivity contribution in [2.45, 2.75) is 45.4 Å². The van der Waals surface area contributed by atoms with Crippen LogP contribution < -0.4 is 21.1 Å². The smallest absolute Gasteiger partial charge is 0.429 e. The lowest BCUT2D eigenvalue weighted by Gasteiger charge is -2.34. The first-order valence-corrected chi connectivity index (χ1v) is 15.0. The summed E-state index contributed by atoms with van der Waals surface area (Å²) in [4.78, 5) is 45.9. The molecule has 0 aliphatic carbocycles. The third kappa shape index (κ3) is 6.64. The Balaban J connectivity index is 1.41. The highest BCUT2D eigenvalue weighted by molar-refractivity contribution is 6.03. The number of benzene rings is 2. The van der Waals surface area contributed by atoms with Crippen molar-refractivity contribution in [2.24, 2.45) is 5.92 Å². The maximum absolute atomic E-state index is 14.3. The van der Waals surface area contributed by atoms with Gasteiger partial charge in [-0.25, -0.2) is 9.80 Å². The molecule has 1 aromatic heterocycles. The van der Waals surface area contributed by atoms with E-state index in [-0.39, 0.29) is 24.0 Å². The van der Waals surface area contributed by atoms with Crippen LogP contribution in [0.25, 0.3) is 0 Å². The number of ether oxygens (including phenoxy) is 1. The first kappa shape index (κ1) is 31.2. The van der Waals surface area contributed by atoms with Crippen molar-refractivity contribution in [3.05, 3.63) is 89.4 Å². The number of likely N-dealkylation sites (N-methyl/N-ethyl adjacent to an activating group) is 1. The quantitative estimate of drug-likeness (QED) is 0.339. The summed E-state index contributed by atoms with van der Waals surface area (Å²) >= 11 is 0. The Morgan fingerprint density at radius 3 is 2.34 bits per heavy atom. The van der Waals surface area contributed by atoms with E-state index < -0.39 is 29.1 Å². The van der Waals surface area contributed by atoms with Crippen molar-refractivity contribution in [2.75, 3.05) is 44.8 Å². The second-order valence-corrected chi connectivity index (χ2v) is 12.5. The zero-order chi connectivity index (χ0) is 31.5. The SMILES string of the molecule is CC(C)COC(=O)N1NC(NC(=O)c2ccc(CN3CCN(C)CC3)cc2)(C(=O)NC(C)(C)c2ccccc2)c2occc21. The summed E-state index contributed by atoms with van der Waals surface area (Å²) in [6.07, 6.45) is 0.651. The molecule has 1 unspecified atom stereocenters. The highest BCUT2D eigenvalue weighted by atomic mass is 16.6. The molecule has 44 heavy (non-hydrogen) atoms. The van der Waals surface area contributed by atoms with E-state index in [1.54, 1.807) is 18.2 Å². The molecule has 3 aromatic rings. The van der Waals surface area contributed by atoms with Crippen LogP contribution in [0.15, 0.2) is 71.3 Å². The topological polar surface area (TPSA) is 119 Å². The number of furan rings is 1. The van der Waals surface area contributed by atoms with E-state index in [4.69, 9.17) is 9.15 Å². The van der Waals surface area contributed by atoms with E-state index >= 15 is 0 Å². The van der Waals surface area contributed by atoms with E-state index in [1.807, 2.05) is 70.2 Å². The Morgan fingerprint density at radius 1 is 1.00 bits per heavy atom. The Kier molecular flexibility index (Phi) is 9.10.